The number of hydrazone groups is 1. The van der Waals surface area contributed by atoms with Crippen molar-refractivity contribution < 1.29 is 19.0 Å². The lowest BCUT2D eigenvalue weighted by atomic mass is 10.2. The number of thioether (sulfide) groups is 1. The molecule has 0 aliphatic rings. The monoisotopic (exact) mass is 518 g/mol. The highest BCUT2D eigenvalue weighted by Crippen LogP contribution is 2.29. The van der Waals surface area contributed by atoms with Gasteiger partial charge in [0.1, 0.15) is 5.75 Å². The van der Waals surface area contributed by atoms with Crippen LogP contribution in [0.1, 0.15) is 12.5 Å². The number of carbonyl (C=O) groups is 1. The molecule has 0 saturated heterocycles. The van der Waals surface area contributed by atoms with Crippen LogP contribution in [0.5, 0.6) is 17.2 Å². The molecule has 1 N–H and O–H groups in total. The van der Waals surface area contributed by atoms with Gasteiger partial charge in [-0.3, -0.25) is 14.3 Å². The molecule has 2 aromatic carbocycles. The van der Waals surface area contributed by atoms with Gasteiger partial charge in [0, 0.05) is 23.6 Å². The average Bonchev–Trinajstić information content (AvgIpc) is 3.37. The number of carbonyl (C=O) groups excluding carboxylic acids is 1. The molecule has 0 aliphatic carbocycles. The van der Waals surface area contributed by atoms with Crippen molar-refractivity contribution in [2.75, 3.05) is 26.6 Å². The van der Waals surface area contributed by atoms with E-state index in [9.17, 15) is 4.79 Å². The molecule has 0 aliphatic heterocycles. The van der Waals surface area contributed by atoms with Crippen LogP contribution in [0.2, 0.25) is 0 Å². The van der Waals surface area contributed by atoms with E-state index in [4.69, 9.17) is 14.2 Å². The molecule has 0 bridgehead atoms. The summed E-state index contributed by atoms with van der Waals surface area (Å²) in [6.45, 7) is 2.52. The van der Waals surface area contributed by atoms with Crippen molar-refractivity contribution in [3.8, 4) is 34.3 Å². The summed E-state index contributed by atoms with van der Waals surface area (Å²) in [6.07, 6.45) is 4.95. The SMILES string of the molecule is CCOc1ccc(-n2c(SCC(=O)N/N=C/c3ccc(OC)c(OC)c3)nnc2-c2cccnc2)cc1. The Kier molecular flexibility index (Phi) is 8.71. The van der Waals surface area contributed by atoms with Crippen molar-refractivity contribution in [1.29, 1.82) is 0 Å². The second kappa shape index (κ2) is 12.5. The third kappa shape index (κ3) is 6.44. The molecule has 10 nitrogen and oxygen atoms in total. The molecule has 0 atom stereocenters. The lowest BCUT2D eigenvalue weighted by Gasteiger charge is -2.11. The van der Waals surface area contributed by atoms with Crippen LogP contribution in [0.25, 0.3) is 17.1 Å². The fourth-order valence-corrected chi connectivity index (χ4v) is 4.15. The van der Waals surface area contributed by atoms with E-state index in [1.807, 2.05) is 54.0 Å². The van der Waals surface area contributed by atoms with Crippen molar-refractivity contribution >= 4 is 23.9 Å². The van der Waals surface area contributed by atoms with Gasteiger partial charge in [-0.25, -0.2) is 5.43 Å². The summed E-state index contributed by atoms with van der Waals surface area (Å²) < 4.78 is 18.0. The largest absolute Gasteiger partial charge is 0.494 e. The Labute approximate surface area is 218 Å². The standard InChI is InChI=1S/C26H26N6O4S/c1-4-36-21-10-8-20(9-11-21)32-25(19-6-5-13-27-16-19)30-31-26(32)37-17-24(33)29-28-15-18-7-12-22(34-2)23(14-18)35-3/h5-16H,4,17H2,1-3H3,(H,29,33)/b28-15+. The minimum Gasteiger partial charge on any atom is -0.494 e. The fraction of sp³-hybridized carbons (Fsp3) is 0.192. The highest BCUT2D eigenvalue weighted by Gasteiger charge is 2.17. The molecular formula is C26H26N6O4S. The predicted molar refractivity (Wildman–Crippen MR) is 142 cm³/mol. The lowest BCUT2D eigenvalue weighted by molar-refractivity contribution is -0.118. The molecule has 0 radical (unpaired) electrons. The molecule has 4 aromatic rings. The van der Waals surface area contributed by atoms with E-state index in [1.165, 1.54) is 18.0 Å². The Balaban J connectivity index is 1.47. The van der Waals surface area contributed by atoms with Gasteiger partial charge in [-0.2, -0.15) is 5.10 Å². The number of nitrogens with zero attached hydrogens (tertiary/aromatic N) is 5. The molecule has 190 valence electrons. The summed E-state index contributed by atoms with van der Waals surface area (Å²) in [5.41, 5.74) is 4.93. The average molecular weight is 519 g/mol. The van der Waals surface area contributed by atoms with Crippen LogP contribution in [0, 0.1) is 0 Å². The van der Waals surface area contributed by atoms with Crippen LogP contribution in [0.4, 0.5) is 0 Å². The lowest BCUT2D eigenvalue weighted by Crippen LogP contribution is -2.20. The van der Waals surface area contributed by atoms with Gasteiger partial charge in [0.05, 0.1) is 32.8 Å². The number of nitrogens with one attached hydrogen (secondary N) is 1. The number of pyridine rings is 1. The number of amides is 1. The number of methoxy groups -OCH3 is 2. The van der Waals surface area contributed by atoms with Crippen LogP contribution >= 0.6 is 11.8 Å². The molecule has 37 heavy (non-hydrogen) atoms. The van der Waals surface area contributed by atoms with Gasteiger partial charge in [0.25, 0.3) is 5.91 Å². The minimum atomic E-state index is -0.286. The Morgan fingerprint density at radius 2 is 1.89 bits per heavy atom. The van der Waals surface area contributed by atoms with E-state index in [0.29, 0.717) is 29.1 Å². The van der Waals surface area contributed by atoms with Gasteiger partial charge in [0.2, 0.25) is 0 Å². The van der Waals surface area contributed by atoms with Crippen molar-refractivity contribution in [2.45, 2.75) is 12.1 Å². The maximum absolute atomic E-state index is 12.5. The van der Waals surface area contributed by atoms with Crippen LogP contribution in [0.15, 0.2) is 77.2 Å². The van der Waals surface area contributed by atoms with Crippen LogP contribution in [0.3, 0.4) is 0 Å². The number of benzene rings is 2. The Bertz CT molecular complexity index is 1360. The minimum absolute atomic E-state index is 0.0888. The summed E-state index contributed by atoms with van der Waals surface area (Å²) in [7, 11) is 3.13. The Morgan fingerprint density at radius 1 is 1.08 bits per heavy atom. The van der Waals surface area contributed by atoms with Crippen molar-refractivity contribution in [3.63, 3.8) is 0 Å². The normalized spacial score (nSPS) is 10.9. The van der Waals surface area contributed by atoms with E-state index in [1.54, 1.807) is 38.7 Å². The van der Waals surface area contributed by atoms with E-state index in [-0.39, 0.29) is 11.7 Å². The van der Waals surface area contributed by atoms with Gasteiger partial charge in [-0.1, -0.05) is 11.8 Å². The number of hydrogen-bond acceptors (Lipinski definition) is 9. The number of hydrogen-bond donors (Lipinski definition) is 1. The molecule has 0 unspecified atom stereocenters. The molecule has 0 saturated carbocycles. The van der Waals surface area contributed by atoms with Gasteiger partial charge in [0.15, 0.2) is 22.5 Å². The third-order valence-corrected chi connectivity index (χ3v) is 6.03. The summed E-state index contributed by atoms with van der Waals surface area (Å²) >= 11 is 1.25. The second-order valence-corrected chi connectivity index (χ2v) is 8.45. The first-order valence-electron chi connectivity index (χ1n) is 11.4. The molecule has 2 aromatic heterocycles. The van der Waals surface area contributed by atoms with E-state index in [0.717, 1.165) is 22.6 Å². The highest BCUT2D eigenvalue weighted by molar-refractivity contribution is 7.99. The van der Waals surface area contributed by atoms with Gasteiger partial charge < -0.3 is 14.2 Å². The summed E-state index contributed by atoms with van der Waals surface area (Å²) in [5, 5.41) is 13.3. The first-order chi connectivity index (χ1) is 18.1. The van der Waals surface area contributed by atoms with Crippen molar-refractivity contribution in [3.05, 3.63) is 72.6 Å². The van der Waals surface area contributed by atoms with Gasteiger partial charge in [-0.05, 0) is 67.1 Å². The molecule has 0 spiro atoms. The first kappa shape index (κ1) is 25.7. The Hall–Kier alpha value is -4.38. The maximum atomic E-state index is 12.5. The highest BCUT2D eigenvalue weighted by atomic mass is 32.2. The second-order valence-electron chi connectivity index (χ2n) is 7.51. The molecule has 11 heteroatoms. The topological polar surface area (TPSA) is 113 Å². The molecule has 4 rings (SSSR count). The number of rotatable bonds is 11. The summed E-state index contributed by atoms with van der Waals surface area (Å²) in [6, 6.07) is 16.7. The fourth-order valence-electron chi connectivity index (χ4n) is 3.41. The molecule has 1 amide bonds. The van der Waals surface area contributed by atoms with E-state index in [2.05, 4.69) is 25.7 Å². The predicted octanol–water partition coefficient (Wildman–Crippen LogP) is 3.99. The first-order valence-corrected chi connectivity index (χ1v) is 12.4. The number of ether oxygens (including phenoxy) is 3. The third-order valence-electron chi connectivity index (χ3n) is 5.10. The van der Waals surface area contributed by atoms with E-state index >= 15 is 0 Å². The van der Waals surface area contributed by atoms with E-state index < -0.39 is 0 Å². The molecule has 0 fully saturated rings. The summed E-state index contributed by atoms with van der Waals surface area (Å²) in [5.74, 6) is 2.38. The van der Waals surface area contributed by atoms with Crippen molar-refractivity contribution in [1.82, 2.24) is 25.2 Å². The van der Waals surface area contributed by atoms with Crippen molar-refractivity contribution in [2.24, 2.45) is 5.10 Å². The van der Waals surface area contributed by atoms with Gasteiger partial charge >= 0.3 is 0 Å². The Morgan fingerprint density at radius 3 is 2.59 bits per heavy atom. The molecular weight excluding hydrogens is 492 g/mol. The van der Waals surface area contributed by atoms with Crippen LogP contribution in [-0.4, -0.2) is 58.4 Å². The van der Waals surface area contributed by atoms with Crippen LogP contribution < -0.4 is 19.6 Å². The van der Waals surface area contributed by atoms with Gasteiger partial charge in [-0.15, -0.1) is 10.2 Å². The summed E-state index contributed by atoms with van der Waals surface area (Å²) in [4.78, 5) is 16.7. The molecule has 2 heterocycles. The zero-order valence-corrected chi connectivity index (χ0v) is 21.4. The van der Waals surface area contributed by atoms with Crippen LogP contribution in [-0.2, 0) is 4.79 Å². The zero-order chi connectivity index (χ0) is 26.0. The smallest absolute Gasteiger partial charge is 0.250 e. The maximum Gasteiger partial charge on any atom is 0.250 e. The zero-order valence-electron chi connectivity index (χ0n) is 20.6. The number of aromatic nitrogens is 4. The quantitative estimate of drug-likeness (QED) is 0.180.